The number of nitrogens with zero attached hydrogens (tertiary/aromatic N) is 2. The second-order valence-electron chi connectivity index (χ2n) is 4.95. The number of fused-ring (bicyclic) bond motifs is 1. The topological polar surface area (TPSA) is 55.1 Å². The normalized spacial score (nSPS) is 12.3. The maximum atomic E-state index is 13.0. The van der Waals surface area contributed by atoms with E-state index < -0.39 is 18.0 Å². The van der Waals surface area contributed by atoms with Gasteiger partial charge in [-0.15, -0.1) is 0 Å². The number of hydrogen-bond donors (Lipinski definition) is 1. The highest BCUT2D eigenvalue weighted by atomic mass is 19.4. The first-order valence-electron chi connectivity index (χ1n) is 6.01. The number of rotatable bonds is 3. The van der Waals surface area contributed by atoms with Gasteiger partial charge in [0.2, 0.25) is 5.82 Å². The van der Waals surface area contributed by atoms with Gasteiger partial charge in [-0.3, -0.25) is 0 Å². The fourth-order valence-electron chi connectivity index (χ4n) is 2.02. The Labute approximate surface area is 112 Å². The third-order valence-corrected chi connectivity index (χ3v) is 2.80. The van der Waals surface area contributed by atoms with Crippen molar-refractivity contribution in [3.63, 3.8) is 0 Å². The first-order chi connectivity index (χ1) is 9.20. The van der Waals surface area contributed by atoms with Gasteiger partial charge in [-0.2, -0.15) is 13.2 Å². The summed E-state index contributed by atoms with van der Waals surface area (Å²) in [6.45, 7) is 3.69. The summed E-state index contributed by atoms with van der Waals surface area (Å²) in [5, 5.41) is 8.93. The van der Waals surface area contributed by atoms with Crippen LogP contribution in [0.25, 0.3) is 11.0 Å². The summed E-state index contributed by atoms with van der Waals surface area (Å²) in [7, 11) is 0. The molecule has 1 heterocycles. The first kappa shape index (κ1) is 14.4. The molecule has 0 fully saturated rings. The largest absolute Gasteiger partial charge is 0.478 e. The molecular weight excluding hydrogens is 273 g/mol. The summed E-state index contributed by atoms with van der Waals surface area (Å²) >= 11 is 0. The zero-order chi connectivity index (χ0) is 15.1. The molecule has 1 aromatic carbocycles. The van der Waals surface area contributed by atoms with Gasteiger partial charge < -0.3 is 9.67 Å². The number of benzene rings is 1. The van der Waals surface area contributed by atoms with E-state index in [0.29, 0.717) is 0 Å². The Morgan fingerprint density at radius 3 is 2.55 bits per heavy atom. The van der Waals surface area contributed by atoms with Crippen LogP contribution in [0, 0.1) is 5.92 Å². The van der Waals surface area contributed by atoms with Crippen molar-refractivity contribution in [2.24, 2.45) is 5.92 Å². The predicted octanol–water partition coefficient (Wildman–Crippen LogP) is 3.41. The van der Waals surface area contributed by atoms with Gasteiger partial charge in [-0.1, -0.05) is 13.8 Å². The van der Waals surface area contributed by atoms with Crippen LogP contribution >= 0.6 is 0 Å². The van der Waals surface area contributed by atoms with Gasteiger partial charge >= 0.3 is 12.1 Å². The second kappa shape index (κ2) is 4.81. The van der Waals surface area contributed by atoms with E-state index in [1.165, 1.54) is 18.2 Å². The van der Waals surface area contributed by atoms with E-state index in [1.54, 1.807) is 13.8 Å². The van der Waals surface area contributed by atoms with Crippen molar-refractivity contribution in [1.82, 2.24) is 9.55 Å². The molecule has 0 aliphatic rings. The summed E-state index contributed by atoms with van der Waals surface area (Å²) in [6.07, 6.45) is -4.57. The number of carbonyl (C=O) groups is 1. The quantitative estimate of drug-likeness (QED) is 0.940. The Kier molecular flexibility index (Phi) is 3.45. The minimum Gasteiger partial charge on any atom is -0.478 e. The standard InChI is InChI=1S/C13H13F3N2O2/c1-7(2)6-18-10-5-8(11(19)20)3-4-9(10)17-12(18)13(14,15)16/h3-5,7H,6H2,1-2H3,(H,19,20). The van der Waals surface area contributed by atoms with Crippen LogP contribution in [0.5, 0.6) is 0 Å². The van der Waals surface area contributed by atoms with E-state index in [9.17, 15) is 18.0 Å². The van der Waals surface area contributed by atoms with E-state index in [0.717, 1.165) is 4.57 Å². The highest BCUT2D eigenvalue weighted by Crippen LogP contribution is 2.32. The Bertz CT molecular complexity index is 659. The van der Waals surface area contributed by atoms with Crippen LogP contribution in [0.2, 0.25) is 0 Å². The third kappa shape index (κ3) is 2.61. The molecule has 0 aliphatic heterocycles. The molecule has 1 aromatic heterocycles. The molecule has 0 amide bonds. The van der Waals surface area contributed by atoms with E-state index in [4.69, 9.17) is 5.11 Å². The van der Waals surface area contributed by atoms with Crippen molar-refractivity contribution < 1.29 is 23.1 Å². The van der Waals surface area contributed by atoms with Gasteiger partial charge in [0, 0.05) is 6.54 Å². The molecule has 20 heavy (non-hydrogen) atoms. The lowest BCUT2D eigenvalue weighted by atomic mass is 10.2. The molecule has 7 heteroatoms. The molecule has 0 radical (unpaired) electrons. The summed E-state index contributed by atoms with van der Waals surface area (Å²) in [5.74, 6) is -2.21. The smallest absolute Gasteiger partial charge is 0.449 e. The minimum absolute atomic E-state index is 0.0259. The van der Waals surface area contributed by atoms with Gasteiger partial charge in [0.1, 0.15) is 0 Å². The van der Waals surface area contributed by atoms with Crippen LogP contribution in [0.15, 0.2) is 18.2 Å². The van der Waals surface area contributed by atoms with E-state index >= 15 is 0 Å². The Hall–Kier alpha value is -2.05. The molecule has 2 aromatic rings. The zero-order valence-corrected chi connectivity index (χ0v) is 10.9. The lowest BCUT2D eigenvalue weighted by Gasteiger charge is -2.13. The molecule has 108 valence electrons. The average molecular weight is 286 g/mol. The highest BCUT2D eigenvalue weighted by Gasteiger charge is 2.37. The van der Waals surface area contributed by atoms with E-state index in [-0.39, 0.29) is 29.1 Å². The monoisotopic (exact) mass is 286 g/mol. The number of alkyl halides is 3. The van der Waals surface area contributed by atoms with Crippen molar-refractivity contribution in [3.8, 4) is 0 Å². The van der Waals surface area contributed by atoms with Crippen molar-refractivity contribution in [1.29, 1.82) is 0 Å². The van der Waals surface area contributed by atoms with Crippen LogP contribution in [-0.2, 0) is 12.7 Å². The van der Waals surface area contributed by atoms with Crippen LogP contribution in [0.1, 0.15) is 30.0 Å². The molecule has 0 spiro atoms. The lowest BCUT2D eigenvalue weighted by molar-refractivity contribution is -0.147. The number of aromatic nitrogens is 2. The Morgan fingerprint density at radius 2 is 2.05 bits per heavy atom. The number of aromatic carboxylic acids is 1. The van der Waals surface area contributed by atoms with Gasteiger partial charge in [0.05, 0.1) is 16.6 Å². The summed E-state index contributed by atoms with van der Waals surface area (Å²) in [4.78, 5) is 14.5. The maximum Gasteiger partial charge on any atom is 0.449 e. The molecule has 0 saturated heterocycles. The van der Waals surface area contributed by atoms with Crippen LogP contribution in [0.4, 0.5) is 13.2 Å². The number of imidazole rings is 1. The van der Waals surface area contributed by atoms with Gasteiger partial charge in [-0.25, -0.2) is 9.78 Å². The Morgan fingerprint density at radius 1 is 1.40 bits per heavy atom. The zero-order valence-electron chi connectivity index (χ0n) is 10.9. The van der Waals surface area contributed by atoms with Crippen molar-refractivity contribution in [3.05, 3.63) is 29.6 Å². The van der Waals surface area contributed by atoms with E-state index in [2.05, 4.69) is 4.98 Å². The molecule has 4 nitrogen and oxygen atoms in total. The second-order valence-corrected chi connectivity index (χ2v) is 4.95. The predicted molar refractivity (Wildman–Crippen MR) is 66.5 cm³/mol. The van der Waals surface area contributed by atoms with Crippen molar-refractivity contribution in [2.45, 2.75) is 26.6 Å². The lowest BCUT2D eigenvalue weighted by Crippen LogP contribution is -2.17. The molecular formula is C13H13F3N2O2. The molecule has 0 bridgehead atoms. The fourth-order valence-corrected chi connectivity index (χ4v) is 2.02. The highest BCUT2D eigenvalue weighted by molar-refractivity contribution is 5.92. The summed E-state index contributed by atoms with van der Waals surface area (Å²) in [6, 6.07) is 3.77. The SMILES string of the molecule is CC(C)Cn1c(C(F)(F)F)nc2ccc(C(=O)O)cc21. The molecule has 2 rings (SSSR count). The minimum atomic E-state index is -4.57. The van der Waals surface area contributed by atoms with Crippen LogP contribution in [0.3, 0.4) is 0 Å². The number of carboxylic acids is 1. The third-order valence-electron chi connectivity index (χ3n) is 2.80. The summed E-state index contributed by atoms with van der Waals surface area (Å²) in [5.41, 5.74) is 0.269. The number of hydrogen-bond acceptors (Lipinski definition) is 2. The Balaban J connectivity index is 2.71. The van der Waals surface area contributed by atoms with Crippen molar-refractivity contribution >= 4 is 17.0 Å². The number of carboxylic acid groups (broad SMARTS) is 1. The maximum absolute atomic E-state index is 13.0. The molecule has 0 unspecified atom stereocenters. The average Bonchev–Trinajstić information content (AvgIpc) is 2.66. The summed E-state index contributed by atoms with van der Waals surface area (Å²) < 4.78 is 40.0. The fraction of sp³-hybridized carbons (Fsp3) is 0.385. The molecule has 1 N–H and O–H groups in total. The first-order valence-corrected chi connectivity index (χ1v) is 6.01. The van der Waals surface area contributed by atoms with Crippen molar-refractivity contribution in [2.75, 3.05) is 0 Å². The number of halogens is 3. The molecule has 0 atom stereocenters. The van der Waals surface area contributed by atoms with Gasteiger partial charge in [-0.05, 0) is 24.1 Å². The molecule has 0 saturated carbocycles. The molecule has 0 aliphatic carbocycles. The van der Waals surface area contributed by atoms with Gasteiger partial charge in [0.25, 0.3) is 0 Å². The van der Waals surface area contributed by atoms with Gasteiger partial charge in [0.15, 0.2) is 0 Å². The van der Waals surface area contributed by atoms with Crippen LogP contribution < -0.4 is 0 Å². The van der Waals surface area contributed by atoms with E-state index in [1.807, 2.05) is 0 Å². The van der Waals surface area contributed by atoms with Crippen LogP contribution in [-0.4, -0.2) is 20.6 Å².